The average Bonchev–Trinajstić information content (AvgIpc) is 2.53. The number of hydrogen-bond donors (Lipinski definition) is 2. The molecule has 2 unspecified atom stereocenters. The van der Waals surface area contributed by atoms with Gasteiger partial charge in [0.1, 0.15) is 0 Å². The number of piperidine rings is 1. The number of carbonyl (C=O) groups is 1. The van der Waals surface area contributed by atoms with Gasteiger partial charge in [0.25, 0.3) is 0 Å². The number of aromatic nitrogens is 1. The fourth-order valence-electron chi connectivity index (χ4n) is 2.94. The number of anilines is 1. The largest absolute Gasteiger partial charge is 0.369 e. The van der Waals surface area contributed by atoms with E-state index in [0.717, 1.165) is 43.7 Å². The molecule has 21 heavy (non-hydrogen) atoms. The van der Waals surface area contributed by atoms with Gasteiger partial charge in [-0.15, -0.1) is 0 Å². The number of primary amides is 1. The van der Waals surface area contributed by atoms with Crippen molar-refractivity contribution in [3.8, 4) is 0 Å². The summed E-state index contributed by atoms with van der Waals surface area (Å²) < 4.78 is 0. The van der Waals surface area contributed by atoms with Gasteiger partial charge in [-0.2, -0.15) is 0 Å². The number of rotatable bonds is 6. The summed E-state index contributed by atoms with van der Waals surface area (Å²) in [6.07, 6.45) is 4.84. The second-order valence-electron chi connectivity index (χ2n) is 5.65. The first-order chi connectivity index (χ1) is 10.2. The van der Waals surface area contributed by atoms with Gasteiger partial charge in [0, 0.05) is 19.1 Å². The first kappa shape index (κ1) is 15.8. The van der Waals surface area contributed by atoms with E-state index in [9.17, 15) is 4.79 Å². The third-order valence-corrected chi connectivity index (χ3v) is 4.18. The minimum atomic E-state index is -0.192. The topological polar surface area (TPSA) is 71.2 Å². The lowest BCUT2D eigenvalue weighted by Gasteiger charge is -2.32. The predicted molar refractivity (Wildman–Crippen MR) is 85.1 cm³/mol. The summed E-state index contributed by atoms with van der Waals surface area (Å²) in [6, 6.07) is 4.50. The van der Waals surface area contributed by atoms with Crippen molar-refractivity contribution < 1.29 is 4.79 Å². The first-order valence-corrected chi connectivity index (χ1v) is 7.89. The molecule has 0 radical (unpaired) electrons. The van der Waals surface area contributed by atoms with E-state index >= 15 is 0 Å². The zero-order valence-corrected chi connectivity index (χ0v) is 13.0. The first-order valence-electron chi connectivity index (χ1n) is 7.89. The maximum Gasteiger partial charge on any atom is 0.222 e. The standard InChI is InChI=1S/C16H26N4O/c1-3-14(18-4-2)15-8-7-13(10-19-15)20-9-5-6-12(11-20)16(17)21/h7-8,10,12,14,18H,3-6,9,11H2,1-2H3,(H2,17,21). The van der Waals surface area contributed by atoms with Gasteiger partial charge in [0.05, 0.1) is 23.5 Å². The van der Waals surface area contributed by atoms with Crippen LogP contribution >= 0.6 is 0 Å². The molecule has 0 spiro atoms. The van der Waals surface area contributed by atoms with Crippen molar-refractivity contribution in [1.82, 2.24) is 10.3 Å². The number of pyridine rings is 1. The minimum absolute atomic E-state index is 0.0384. The minimum Gasteiger partial charge on any atom is -0.369 e. The number of nitrogens with two attached hydrogens (primary N) is 1. The molecule has 1 aromatic heterocycles. The smallest absolute Gasteiger partial charge is 0.222 e. The third-order valence-electron chi connectivity index (χ3n) is 4.18. The predicted octanol–water partition coefficient (Wildman–Crippen LogP) is 1.84. The van der Waals surface area contributed by atoms with Crippen LogP contribution in [0.5, 0.6) is 0 Å². The summed E-state index contributed by atoms with van der Waals surface area (Å²) in [6.45, 7) is 6.88. The molecule has 1 aliphatic rings. The average molecular weight is 290 g/mol. The molecular weight excluding hydrogens is 264 g/mol. The Bertz CT molecular complexity index is 460. The Labute approximate surface area is 126 Å². The van der Waals surface area contributed by atoms with Crippen LogP contribution in [0.15, 0.2) is 18.3 Å². The summed E-state index contributed by atoms with van der Waals surface area (Å²) in [7, 11) is 0. The second-order valence-corrected chi connectivity index (χ2v) is 5.65. The Morgan fingerprint density at radius 3 is 2.90 bits per heavy atom. The Kier molecular flexibility index (Phi) is 5.56. The normalized spacial score (nSPS) is 20.3. The summed E-state index contributed by atoms with van der Waals surface area (Å²) >= 11 is 0. The van der Waals surface area contributed by atoms with Gasteiger partial charge in [0.2, 0.25) is 5.91 Å². The molecule has 5 heteroatoms. The van der Waals surface area contributed by atoms with Crippen LogP contribution in [-0.4, -0.2) is 30.5 Å². The molecule has 5 nitrogen and oxygen atoms in total. The second kappa shape index (κ2) is 7.41. The molecule has 0 aromatic carbocycles. The van der Waals surface area contributed by atoms with E-state index in [1.165, 1.54) is 0 Å². The van der Waals surface area contributed by atoms with E-state index in [4.69, 9.17) is 5.73 Å². The lowest BCUT2D eigenvalue weighted by atomic mass is 9.97. The molecule has 2 rings (SSSR count). The van der Waals surface area contributed by atoms with E-state index in [2.05, 4.69) is 41.2 Å². The van der Waals surface area contributed by atoms with Gasteiger partial charge in [-0.1, -0.05) is 13.8 Å². The molecule has 3 N–H and O–H groups in total. The molecule has 1 aliphatic heterocycles. The highest BCUT2D eigenvalue weighted by Crippen LogP contribution is 2.24. The summed E-state index contributed by atoms with van der Waals surface area (Å²) in [5, 5.41) is 3.43. The van der Waals surface area contributed by atoms with E-state index in [-0.39, 0.29) is 11.8 Å². The Hall–Kier alpha value is -1.62. The van der Waals surface area contributed by atoms with Crippen LogP contribution in [0, 0.1) is 5.92 Å². The highest BCUT2D eigenvalue weighted by molar-refractivity contribution is 5.77. The summed E-state index contributed by atoms with van der Waals surface area (Å²) in [5.41, 5.74) is 7.59. The van der Waals surface area contributed by atoms with Crippen LogP contribution in [0.2, 0.25) is 0 Å². The van der Waals surface area contributed by atoms with Gasteiger partial charge < -0.3 is 16.0 Å². The fourth-order valence-corrected chi connectivity index (χ4v) is 2.94. The zero-order chi connectivity index (χ0) is 15.2. The monoisotopic (exact) mass is 290 g/mol. The number of carbonyl (C=O) groups excluding carboxylic acids is 1. The summed E-state index contributed by atoms with van der Waals surface area (Å²) in [4.78, 5) is 18.2. The molecule has 2 heterocycles. The van der Waals surface area contributed by atoms with Crippen molar-refractivity contribution in [2.75, 3.05) is 24.5 Å². The quantitative estimate of drug-likeness (QED) is 0.838. The molecular formula is C16H26N4O. The maximum absolute atomic E-state index is 11.4. The molecule has 1 aromatic rings. The van der Waals surface area contributed by atoms with Gasteiger partial charge in [0.15, 0.2) is 0 Å². The number of nitrogens with one attached hydrogen (secondary N) is 1. The Balaban J connectivity index is 2.06. The van der Waals surface area contributed by atoms with Gasteiger partial charge in [-0.05, 0) is 37.9 Å². The van der Waals surface area contributed by atoms with Crippen molar-refractivity contribution in [1.29, 1.82) is 0 Å². The van der Waals surface area contributed by atoms with Gasteiger partial charge >= 0.3 is 0 Å². The molecule has 0 saturated carbocycles. The van der Waals surface area contributed by atoms with E-state index in [1.54, 1.807) is 0 Å². The van der Waals surface area contributed by atoms with Crippen molar-refractivity contribution in [2.24, 2.45) is 11.7 Å². The van der Waals surface area contributed by atoms with Crippen molar-refractivity contribution in [3.63, 3.8) is 0 Å². The highest BCUT2D eigenvalue weighted by atomic mass is 16.1. The Morgan fingerprint density at radius 2 is 2.33 bits per heavy atom. The van der Waals surface area contributed by atoms with E-state index in [1.807, 2.05) is 6.20 Å². The fraction of sp³-hybridized carbons (Fsp3) is 0.625. The maximum atomic E-state index is 11.4. The van der Waals surface area contributed by atoms with Crippen molar-refractivity contribution in [3.05, 3.63) is 24.0 Å². The molecule has 1 amide bonds. The molecule has 0 aliphatic carbocycles. The molecule has 1 fully saturated rings. The Morgan fingerprint density at radius 1 is 1.52 bits per heavy atom. The molecule has 1 saturated heterocycles. The van der Waals surface area contributed by atoms with Crippen LogP contribution < -0.4 is 16.0 Å². The van der Waals surface area contributed by atoms with Crippen LogP contribution in [-0.2, 0) is 4.79 Å². The van der Waals surface area contributed by atoms with Gasteiger partial charge in [-0.25, -0.2) is 0 Å². The number of nitrogens with zero attached hydrogens (tertiary/aromatic N) is 2. The van der Waals surface area contributed by atoms with Gasteiger partial charge in [-0.3, -0.25) is 9.78 Å². The van der Waals surface area contributed by atoms with E-state index in [0.29, 0.717) is 12.6 Å². The highest BCUT2D eigenvalue weighted by Gasteiger charge is 2.24. The van der Waals surface area contributed by atoms with Crippen molar-refractivity contribution in [2.45, 2.75) is 39.2 Å². The van der Waals surface area contributed by atoms with Crippen LogP contribution in [0.1, 0.15) is 44.8 Å². The van der Waals surface area contributed by atoms with Crippen molar-refractivity contribution >= 4 is 11.6 Å². The summed E-state index contributed by atoms with van der Waals surface area (Å²) in [5.74, 6) is -0.231. The van der Waals surface area contributed by atoms with Crippen LogP contribution in [0.25, 0.3) is 0 Å². The lowest BCUT2D eigenvalue weighted by molar-refractivity contribution is -0.122. The lowest BCUT2D eigenvalue weighted by Crippen LogP contribution is -2.41. The number of hydrogen-bond acceptors (Lipinski definition) is 4. The van der Waals surface area contributed by atoms with E-state index < -0.39 is 0 Å². The zero-order valence-electron chi connectivity index (χ0n) is 13.0. The van der Waals surface area contributed by atoms with Crippen LogP contribution in [0.4, 0.5) is 5.69 Å². The molecule has 116 valence electrons. The molecule has 0 bridgehead atoms. The third kappa shape index (κ3) is 3.94. The van der Waals surface area contributed by atoms with Crippen LogP contribution in [0.3, 0.4) is 0 Å². The SMILES string of the molecule is CCNC(CC)c1ccc(N2CCCC(C(N)=O)C2)cn1. The molecule has 2 atom stereocenters. The number of amides is 1.